The second-order valence-corrected chi connectivity index (χ2v) is 7.39. The summed E-state index contributed by atoms with van der Waals surface area (Å²) >= 11 is 0. The number of sulfonamides is 1. The van der Waals surface area contributed by atoms with Crippen molar-refractivity contribution in [2.24, 2.45) is 0 Å². The van der Waals surface area contributed by atoms with Gasteiger partial charge in [-0.05, 0) is 38.0 Å². The van der Waals surface area contributed by atoms with Gasteiger partial charge in [-0.15, -0.1) is 0 Å². The van der Waals surface area contributed by atoms with Crippen LogP contribution in [0.2, 0.25) is 0 Å². The first-order valence-electron chi connectivity index (χ1n) is 8.36. The molecule has 0 radical (unpaired) electrons. The smallest absolute Gasteiger partial charge is 0.247 e. The van der Waals surface area contributed by atoms with E-state index in [1.165, 1.54) is 7.11 Å². The minimum absolute atomic E-state index is 0.0704. The number of methoxy groups -OCH3 is 1. The normalized spacial score (nSPS) is 11.6. The fourth-order valence-corrected chi connectivity index (χ4v) is 3.90. The van der Waals surface area contributed by atoms with E-state index in [0.717, 1.165) is 9.87 Å². The molecule has 8 heteroatoms. The number of carbonyl (C=O) groups is 1. The lowest BCUT2D eigenvalue weighted by molar-refractivity contribution is -0.121. The number of nitrogens with zero attached hydrogens (tertiary/aromatic N) is 1. The summed E-state index contributed by atoms with van der Waals surface area (Å²) in [7, 11) is -2.41. The van der Waals surface area contributed by atoms with Gasteiger partial charge in [0.05, 0.1) is 13.7 Å². The van der Waals surface area contributed by atoms with E-state index < -0.39 is 10.0 Å². The molecule has 0 heterocycles. The molecule has 25 heavy (non-hydrogen) atoms. The van der Waals surface area contributed by atoms with E-state index in [1.54, 1.807) is 32.0 Å². The van der Waals surface area contributed by atoms with Crippen molar-refractivity contribution < 1.29 is 22.7 Å². The number of amides is 1. The Morgan fingerprint density at radius 3 is 2.60 bits per heavy atom. The van der Waals surface area contributed by atoms with Crippen molar-refractivity contribution in [1.82, 2.24) is 9.62 Å². The molecule has 0 saturated heterocycles. The number of ether oxygens (including phenoxy) is 2. The topological polar surface area (TPSA) is 84.9 Å². The largest absolute Gasteiger partial charge is 0.495 e. The summed E-state index contributed by atoms with van der Waals surface area (Å²) < 4.78 is 37.3. The molecule has 0 unspecified atom stereocenters. The maximum atomic E-state index is 12.9. The fourth-order valence-electron chi connectivity index (χ4n) is 2.25. The summed E-state index contributed by atoms with van der Waals surface area (Å²) in [6, 6.07) is 4.94. The molecule has 1 amide bonds. The van der Waals surface area contributed by atoms with Crippen LogP contribution in [-0.2, 0) is 19.6 Å². The molecule has 1 aromatic carbocycles. The third kappa shape index (κ3) is 6.30. The first kappa shape index (κ1) is 21.4. The minimum Gasteiger partial charge on any atom is -0.495 e. The van der Waals surface area contributed by atoms with Gasteiger partial charge in [0.2, 0.25) is 15.9 Å². The monoisotopic (exact) mass is 372 g/mol. The Bertz CT molecular complexity index is 661. The van der Waals surface area contributed by atoms with Crippen molar-refractivity contribution in [3.63, 3.8) is 0 Å². The van der Waals surface area contributed by atoms with E-state index >= 15 is 0 Å². The number of nitrogens with one attached hydrogen (secondary N) is 1. The first-order valence-corrected chi connectivity index (χ1v) is 9.80. The van der Waals surface area contributed by atoms with E-state index in [2.05, 4.69) is 5.32 Å². The molecule has 0 atom stereocenters. The fraction of sp³-hybridized carbons (Fsp3) is 0.588. The van der Waals surface area contributed by atoms with E-state index in [4.69, 9.17) is 9.47 Å². The van der Waals surface area contributed by atoms with Gasteiger partial charge in [-0.1, -0.05) is 13.0 Å². The summed E-state index contributed by atoms with van der Waals surface area (Å²) in [6.45, 7) is 7.01. The van der Waals surface area contributed by atoms with Crippen molar-refractivity contribution in [3.05, 3.63) is 23.8 Å². The molecule has 0 aliphatic rings. The number of rotatable bonds is 11. The van der Waals surface area contributed by atoms with E-state index in [0.29, 0.717) is 26.2 Å². The predicted octanol–water partition coefficient (Wildman–Crippen LogP) is 1.56. The van der Waals surface area contributed by atoms with Crippen molar-refractivity contribution >= 4 is 15.9 Å². The highest BCUT2D eigenvalue weighted by Crippen LogP contribution is 2.27. The summed E-state index contributed by atoms with van der Waals surface area (Å²) in [5.41, 5.74) is 0.802. The minimum atomic E-state index is -3.83. The van der Waals surface area contributed by atoms with Crippen molar-refractivity contribution in [2.75, 3.05) is 40.0 Å². The summed E-state index contributed by atoms with van der Waals surface area (Å²) in [6.07, 6.45) is 0.685. The summed E-state index contributed by atoms with van der Waals surface area (Å²) in [5.74, 6) is -0.0743. The zero-order valence-corrected chi connectivity index (χ0v) is 16.2. The Labute approximate surface area is 150 Å². The van der Waals surface area contributed by atoms with Gasteiger partial charge >= 0.3 is 0 Å². The van der Waals surface area contributed by atoms with Gasteiger partial charge < -0.3 is 14.8 Å². The lowest BCUT2D eigenvalue weighted by atomic mass is 10.2. The van der Waals surface area contributed by atoms with Crippen LogP contribution in [0.4, 0.5) is 0 Å². The molecule has 1 N–H and O–H groups in total. The Hall–Kier alpha value is -1.64. The maximum absolute atomic E-state index is 12.9. The molecule has 0 aliphatic carbocycles. The molecule has 0 bridgehead atoms. The zero-order chi connectivity index (χ0) is 18.9. The SMILES string of the molecule is CCOCCCNC(=O)CN(CC)S(=O)(=O)c1cc(C)ccc1OC. The quantitative estimate of drug-likeness (QED) is 0.596. The van der Waals surface area contributed by atoms with E-state index in [9.17, 15) is 13.2 Å². The molecule has 0 spiro atoms. The molecular weight excluding hydrogens is 344 g/mol. The first-order chi connectivity index (χ1) is 11.9. The number of aryl methyl sites for hydroxylation is 1. The molecule has 0 saturated carbocycles. The zero-order valence-electron chi connectivity index (χ0n) is 15.4. The number of likely N-dealkylation sites (N-methyl/N-ethyl adjacent to an activating group) is 1. The van der Waals surface area contributed by atoms with Gasteiger partial charge in [-0.3, -0.25) is 4.79 Å². The third-order valence-corrected chi connectivity index (χ3v) is 5.54. The summed E-state index contributed by atoms with van der Waals surface area (Å²) in [5, 5.41) is 2.71. The highest BCUT2D eigenvalue weighted by molar-refractivity contribution is 7.89. The lowest BCUT2D eigenvalue weighted by Gasteiger charge is -2.21. The van der Waals surface area contributed by atoms with Crippen LogP contribution < -0.4 is 10.1 Å². The highest BCUT2D eigenvalue weighted by atomic mass is 32.2. The van der Waals surface area contributed by atoms with Gasteiger partial charge in [0.15, 0.2) is 0 Å². The maximum Gasteiger partial charge on any atom is 0.247 e. The standard InChI is InChI=1S/C17H28N2O5S/c1-5-19(13-17(20)18-10-7-11-24-6-2)25(21,22)16-12-14(3)8-9-15(16)23-4/h8-9,12H,5-7,10-11,13H2,1-4H3,(H,18,20). The van der Waals surface area contributed by atoms with Crippen LogP contribution in [0.15, 0.2) is 23.1 Å². The second-order valence-electron chi connectivity index (χ2n) is 5.49. The summed E-state index contributed by atoms with van der Waals surface area (Å²) in [4.78, 5) is 12.1. The highest BCUT2D eigenvalue weighted by Gasteiger charge is 2.28. The van der Waals surface area contributed by atoms with Gasteiger partial charge in [0, 0.05) is 26.3 Å². The number of carbonyl (C=O) groups excluding carboxylic acids is 1. The molecule has 0 aliphatic heterocycles. The Balaban J connectivity index is 2.81. The molecule has 7 nitrogen and oxygen atoms in total. The van der Waals surface area contributed by atoms with Crippen LogP contribution in [0.25, 0.3) is 0 Å². The van der Waals surface area contributed by atoms with Crippen molar-refractivity contribution in [3.8, 4) is 5.75 Å². The second kappa shape index (κ2) is 10.4. The average molecular weight is 372 g/mol. The lowest BCUT2D eigenvalue weighted by Crippen LogP contribution is -2.41. The Morgan fingerprint density at radius 2 is 2.00 bits per heavy atom. The van der Waals surface area contributed by atoms with Crippen LogP contribution in [0.3, 0.4) is 0 Å². The number of benzene rings is 1. The van der Waals surface area contributed by atoms with Gasteiger partial charge in [-0.2, -0.15) is 4.31 Å². The Kier molecular flexibility index (Phi) is 8.88. The van der Waals surface area contributed by atoms with Crippen LogP contribution >= 0.6 is 0 Å². The number of hydrogen-bond acceptors (Lipinski definition) is 5. The average Bonchev–Trinajstić information content (AvgIpc) is 2.59. The predicted molar refractivity (Wildman–Crippen MR) is 96.3 cm³/mol. The molecular formula is C17H28N2O5S. The van der Waals surface area contributed by atoms with Gasteiger partial charge in [0.25, 0.3) is 0 Å². The van der Waals surface area contributed by atoms with Gasteiger partial charge in [0.1, 0.15) is 10.6 Å². The number of hydrogen-bond donors (Lipinski definition) is 1. The van der Waals surface area contributed by atoms with Crippen LogP contribution in [0.5, 0.6) is 5.75 Å². The van der Waals surface area contributed by atoms with E-state index in [1.807, 2.05) is 6.92 Å². The van der Waals surface area contributed by atoms with Crippen molar-refractivity contribution in [2.45, 2.75) is 32.1 Å². The van der Waals surface area contributed by atoms with Crippen LogP contribution in [0, 0.1) is 6.92 Å². The van der Waals surface area contributed by atoms with Gasteiger partial charge in [-0.25, -0.2) is 8.42 Å². The van der Waals surface area contributed by atoms with E-state index in [-0.39, 0.29) is 29.6 Å². The molecule has 1 rings (SSSR count). The van der Waals surface area contributed by atoms with Crippen LogP contribution in [0.1, 0.15) is 25.8 Å². The third-order valence-electron chi connectivity index (χ3n) is 3.60. The molecule has 0 fully saturated rings. The Morgan fingerprint density at radius 1 is 1.28 bits per heavy atom. The molecule has 1 aromatic rings. The van der Waals surface area contributed by atoms with Crippen LogP contribution in [-0.4, -0.2) is 58.6 Å². The van der Waals surface area contributed by atoms with Crippen molar-refractivity contribution in [1.29, 1.82) is 0 Å². The molecule has 0 aromatic heterocycles. The molecule has 142 valence electrons.